The first-order valence-corrected chi connectivity index (χ1v) is 15.1. The fourth-order valence-electron chi connectivity index (χ4n) is 4.95. The Labute approximate surface area is 280 Å². The Morgan fingerprint density at radius 1 is 0.960 bits per heavy atom. The molecule has 16 heteroatoms. The maximum Gasteiger partial charge on any atom is 0.433 e. The second-order valence-corrected chi connectivity index (χ2v) is 11.4. The van der Waals surface area contributed by atoms with Gasteiger partial charge in [-0.3, -0.25) is 9.59 Å². The summed E-state index contributed by atoms with van der Waals surface area (Å²) in [6.45, 7) is 0.0623. The lowest BCUT2D eigenvalue weighted by Gasteiger charge is -2.31. The molecule has 1 fully saturated rings. The number of ether oxygens (including phenoxy) is 2. The van der Waals surface area contributed by atoms with Gasteiger partial charge in [-0.25, -0.2) is 14.4 Å². The van der Waals surface area contributed by atoms with E-state index in [2.05, 4.69) is 9.97 Å². The Balaban J connectivity index is 1.53. The van der Waals surface area contributed by atoms with Crippen LogP contribution in [0.15, 0.2) is 66.7 Å². The Bertz CT molecular complexity index is 1900. The molecule has 264 valence electrons. The number of aliphatic hydroxyl groups is 1. The maximum absolute atomic E-state index is 14.7. The molecule has 0 aliphatic heterocycles. The third-order valence-electron chi connectivity index (χ3n) is 7.59. The van der Waals surface area contributed by atoms with Crippen LogP contribution in [0.1, 0.15) is 47.1 Å². The van der Waals surface area contributed by atoms with E-state index < -0.39 is 59.9 Å². The highest BCUT2D eigenvalue weighted by atomic mass is 19.4. The van der Waals surface area contributed by atoms with Gasteiger partial charge in [0.25, 0.3) is 5.91 Å². The third-order valence-corrected chi connectivity index (χ3v) is 7.59. The van der Waals surface area contributed by atoms with E-state index in [4.69, 9.17) is 15.2 Å². The standard InChI is InChI=1S/C34H29F7N4O5/c1-2-49-30-20(16-28(42)46)15-27(45-29(30)18-6-9-21(35)10-7-18)32(48,34(39,40)41)17-43-31(47)19-8-13-25(50-22-11-12-22)23(14-19)24-4-3-5-26(44-24)33(36,37)38/h3-10,13-15,22,48H,2,11-12,16-17H2,1H3,(H2,42,46)(H,43,47)/t32-/m0/s1. The molecule has 1 aliphatic rings. The molecule has 4 N–H and O–H groups in total. The Hall–Kier alpha value is -5.25. The summed E-state index contributed by atoms with van der Waals surface area (Å²) in [5.41, 5.74) is -1.61. The molecule has 1 atom stereocenters. The lowest BCUT2D eigenvalue weighted by molar-refractivity contribution is -0.265. The van der Waals surface area contributed by atoms with Crippen LogP contribution in [0.4, 0.5) is 30.7 Å². The number of nitrogens with one attached hydrogen (secondary N) is 1. The summed E-state index contributed by atoms with van der Waals surface area (Å²) in [6, 6.07) is 12.0. The molecule has 1 saturated carbocycles. The number of alkyl halides is 6. The van der Waals surface area contributed by atoms with Crippen molar-refractivity contribution in [3.05, 3.63) is 95.1 Å². The van der Waals surface area contributed by atoms with Crippen molar-refractivity contribution in [3.63, 3.8) is 0 Å². The van der Waals surface area contributed by atoms with Gasteiger partial charge < -0.3 is 25.6 Å². The topological polar surface area (TPSA) is 137 Å². The summed E-state index contributed by atoms with van der Waals surface area (Å²) in [7, 11) is 0. The molecule has 2 aromatic heterocycles. The highest BCUT2D eigenvalue weighted by molar-refractivity contribution is 5.96. The van der Waals surface area contributed by atoms with Gasteiger partial charge in [0, 0.05) is 22.3 Å². The van der Waals surface area contributed by atoms with Crippen molar-refractivity contribution in [2.75, 3.05) is 13.2 Å². The minimum atomic E-state index is -5.47. The summed E-state index contributed by atoms with van der Waals surface area (Å²) in [5.74, 6) is -2.76. The second-order valence-electron chi connectivity index (χ2n) is 11.4. The number of halogens is 7. The molecule has 0 spiro atoms. The molecule has 0 radical (unpaired) electrons. The van der Waals surface area contributed by atoms with Crippen molar-refractivity contribution < 1.29 is 54.9 Å². The average Bonchev–Trinajstić information content (AvgIpc) is 3.88. The first-order chi connectivity index (χ1) is 23.5. The summed E-state index contributed by atoms with van der Waals surface area (Å²) in [6.07, 6.45) is -9.70. The SMILES string of the molecule is CCOc1c(CC(N)=O)cc([C@@](O)(CNC(=O)c2ccc(OC3CC3)c(-c3cccc(C(F)(F)F)n3)c2)C(F)(F)F)nc1-c1ccc(F)cc1. The lowest BCUT2D eigenvalue weighted by atomic mass is 9.93. The van der Waals surface area contributed by atoms with E-state index >= 15 is 0 Å². The fourth-order valence-corrected chi connectivity index (χ4v) is 4.95. The number of hydrogen-bond acceptors (Lipinski definition) is 7. The number of hydrogen-bond donors (Lipinski definition) is 3. The molecule has 0 bridgehead atoms. The predicted molar refractivity (Wildman–Crippen MR) is 164 cm³/mol. The number of rotatable bonds is 12. The third kappa shape index (κ3) is 7.96. The molecule has 4 aromatic rings. The quantitative estimate of drug-likeness (QED) is 0.151. The molecule has 2 heterocycles. The van der Waals surface area contributed by atoms with Gasteiger partial charge in [0.15, 0.2) is 0 Å². The number of primary amides is 1. The lowest BCUT2D eigenvalue weighted by Crippen LogP contribution is -2.51. The van der Waals surface area contributed by atoms with Crippen LogP contribution < -0.4 is 20.5 Å². The zero-order valence-corrected chi connectivity index (χ0v) is 26.2. The van der Waals surface area contributed by atoms with Gasteiger partial charge in [0.1, 0.15) is 28.7 Å². The highest BCUT2D eigenvalue weighted by Crippen LogP contribution is 2.42. The van der Waals surface area contributed by atoms with Crippen molar-refractivity contribution in [1.82, 2.24) is 15.3 Å². The Kier molecular flexibility index (Phi) is 10.0. The number of amides is 2. The van der Waals surface area contributed by atoms with Crippen molar-refractivity contribution >= 4 is 11.8 Å². The second kappa shape index (κ2) is 13.9. The van der Waals surface area contributed by atoms with Crippen LogP contribution in [0, 0.1) is 5.82 Å². The van der Waals surface area contributed by atoms with Gasteiger partial charge in [-0.15, -0.1) is 0 Å². The van der Waals surface area contributed by atoms with Crippen LogP contribution >= 0.6 is 0 Å². The van der Waals surface area contributed by atoms with E-state index in [1.165, 1.54) is 30.3 Å². The summed E-state index contributed by atoms with van der Waals surface area (Å²) in [4.78, 5) is 32.9. The number of carbonyl (C=O) groups excluding carboxylic acids is 2. The van der Waals surface area contributed by atoms with E-state index in [-0.39, 0.29) is 57.9 Å². The van der Waals surface area contributed by atoms with Crippen molar-refractivity contribution in [2.24, 2.45) is 5.73 Å². The molecular formula is C34H29F7N4O5. The van der Waals surface area contributed by atoms with Gasteiger partial charge in [-0.05, 0) is 80.4 Å². The first-order valence-electron chi connectivity index (χ1n) is 15.1. The zero-order valence-electron chi connectivity index (χ0n) is 26.2. The van der Waals surface area contributed by atoms with Crippen LogP contribution in [-0.2, 0) is 23.0 Å². The van der Waals surface area contributed by atoms with Gasteiger partial charge in [0.05, 0.1) is 37.1 Å². The van der Waals surface area contributed by atoms with Crippen molar-refractivity contribution in [2.45, 2.75) is 50.2 Å². The molecule has 0 unspecified atom stereocenters. The van der Waals surface area contributed by atoms with Crippen LogP contribution in [0.3, 0.4) is 0 Å². The van der Waals surface area contributed by atoms with E-state index in [0.717, 1.165) is 36.4 Å². The van der Waals surface area contributed by atoms with Gasteiger partial charge in [-0.1, -0.05) is 6.07 Å². The smallest absolute Gasteiger partial charge is 0.433 e. The molecule has 50 heavy (non-hydrogen) atoms. The molecule has 2 aromatic carbocycles. The van der Waals surface area contributed by atoms with Gasteiger partial charge in [0.2, 0.25) is 11.5 Å². The average molecular weight is 707 g/mol. The molecule has 2 amide bonds. The summed E-state index contributed by atoms with van der Waals surface area (Å²) < 4.78 is 110. The maximum atomic E-state index is 14.7. The number of carbonyl (C=O) groups is 2. The zero-order chi connectivity index (χ0) is 36.4. The van der Waals surface area contributed by atoms with Crippen LogP contribution in [0.25, 0.3) is 22.5 Å². The molecule has 9 nitrogen and oxygen atoms in total. The Morgan fingerprint density at radius 2 is 1.66 bits per heavy atom. The Morgan fingerprint density at radius 3 is 2.26 bits per heavy atom. The summed E-state index contributed by atoms with van der Waals surface area (Å²) >= 11 is 0. The molecule has 5 rings (SSSR count). The fraction of sp³-hybridized carbons (Fsp3) is 0.294. The van der Waals surface area contributed by atoms with Gasteiger partial charge in [-0.2, -0.15) is 26.3 Å². The minimum absolute atomic E-state index is 0.0108. The van der Waals surface area contributed by atoms with E-state index in [1.54, 1.807) is 6.92 Å². The highest BCUT2D eigenvalue weighted by Gasteiger charge is 2.57. The van der Waals surface area contributed by atoms with E-state index in [9.17, 15) is 45.4 Å². The molecular weight excluding hydrogens is 677 g/mol. The number of pyridine rings is 2. The van der Waals surface area contributed by atoms with E-state index in [1.807, 2.05) is 5.32 Å². The molecule has 1 aliphatic carbocycles. The molecule has 0 saturated heterocycles. The van der Waals surface area contributed by atoms with Crippen LogP contribution in [0.2, 0.25) is 0 Å². The van der Waals surface area contributed by atoms with Gasteiger partial charge >= 0.3 is 12.4 Å². The van der Waals surface area contributed by atoms with Crippen molar-refractivity contribution in [3.8, 4) is 34.0 Å². The first kappa shape index (κ1) is 36.0. The number of aromatic nitrogens is 2. The van der Waals surface area contributed by atoms with Crippen LogP contribution in [-0.4, -0.2) is 52.3 Å². The number of nitrogens with two attached hydrogens (primary N) is 1. The monoisotopic (exact) mass is 706 g/mol. The number of nitrogens with zero attached hydrogens (tertiary/aromatic N) is 2. The van der Waals surface area contributed by atoms with E-state index in [0.29, 0.717) is 12.8 Å². The summed E-state index contributed by atoms with van der Waals surface area (Å²) in [5, 5.41) is 13.3. The largest absolute Gasteiger partial charge is 0.491 e. The normalized spacial score (nSPS) is 14.5. The minimum Gasteiger partial charge on any atom is -0.491 e. The predicted octanol–water partition coefficient (Wildman–Crippen LogP) is 6.12. The number of benzene rings is 2. The van der Waals surface area contributed by atoms with Crippen molar-refractivity contribution in [1.29, 1.82) is 0 Å². The van der Waals surface area contributed by atoms with Crippen LogP contribution in [0.5, 0.6) is 11.5 Å².